The second kappa shape index (κ2) is 7.45. The first-order valence-corrected chi connectivity index (χ1v) is 11.5. The highest BCUT2D eigenvalue weighted by Gasteiger charge is 2.30. The summed E-state index contributed by atoms with van der Waals surface area (Å²) in [5.74, 6) is 2.79. The van der Waals surface area contributed by atoms with Crippen molar-refractivity contribution < 1.29 is 4.79 Å². The fourth-order valence-electron chi connectivity index (χ4n) is 4.14. The Morgan fingerprint density at radius 1 is 1.21 bits per heavy atom. The molecule has 0 spiro atoms. The number of hydrogen-bond acceptors (Lipinski definition) is 5. The van der Waals surface area contributed by atoms with E-state index in [1.807, 2.05) is 16.2 Å². The number of rotatable bonds is 2. The molecule has 2 aromatic rings. The van der Waals surface area contributed by atoms with Crippen LogP contribution in [-0.4, -0.2) is 52.8 Å². The summed E-state index contributed by atoms with van der Waals surface area (Å²) >= 11 is 7.60. The second-order valence-electron chi connectivity index (χ2n) is 9.15. The smallest absolute Gasteiger partial charge is 0.237 e. The second-order valence-corrected chi connectivity index (χ2v) is 10.5. The molecule has 0 radical (unpaired) electrons. The van der Waals surface area contributed by atoms with Crippen molar-refractivity contribution in [1.29, 1.82) is 0 Å². The van der Waals surface area contributed by atoms with Gasteiger partial charge in [-0.2, -0.15) is 0 Å². The number of fused-ring (bicyclic) bond motifs is 3. The van der Waals surface area contributed by atoms with Gasteiger partial charge < -0.3 is 9.80 Å². The van der Waals surface area contributed by atoms with Crippen LogP contribution in [0, 0.1) is 5.92 Å². The molecule has 152 valence electrons. The number of amides is 1. The molecular formula is C21H29ClN4OS. The van der Waals surface area contributed by atoms with Crippen molar-refractivity contribution >= 4 is 44.9 Å². The molecule has 1 atom stereocenters. The van der Waals surface area contributed by atoms with Gasteiger partial charge in [0.05, 0.1) is 5.39 Å². The Hall–Kier alpha value is -1.40. The largest absolute Gasteiger partial charge is 0.352 e. The van der Waals surface area contributed by atoms with Gasteiger partial charge in [-0.1, -0.05) is 27.7 Å². The molecular weight excluding hydrogens is 392 g/mol. The van der Waals surface area contributed by atoms with Crippen molar-refractivity contribution in [2.24, 2.45) is 5.92 Å². The molecule has 4 rings (SSSR count). The molecule has 1 amide bonds. The maximum absolute atomic E-state index is 11.9. The highest BCUT2D eigenvalue weighted by molar-refractivity contribution is 7.19. The molecule has 0 bridgehead atoms. The van der Waals surface area contributed by atoms with Gasteiger partial charge in [-0.05, 0) is 30.7 Å². The minimum Gasteiger partial charge on any atom is -0.352 e. The topological polar surface area (TPSA) is 49.3 Å². The first kappa shape index (κ1) is 19.9. The highest BCUT2D eigenvalue weighted by Crippen LogP contribution is 2.42. The lowest BCUT2D eigenvalue weighted by molar-refractivity contribution is -0.128. The number of aryl methyl sites for hydroxylation is 1. The van der Waals surface area contributed by atoms with E-state index in [0.717, 1.165) is 48.3 Å². The van der Waals surface area contributed by atoms with Crippen molar-refractivity contribution in [3.8, 4) is 0 Å². The van der Waals surface area contributed by atoms with E-state index in [1.165, 1.54) is 22.2 Å². The van der Waals surface area contributed by atoms with Crippen LogP contribution in [-0.2, 0) is 23.1 Å². The van der Waals surface area contributed by atoms with Gasteiger partial charge in [0.15, 0.2) is 0 Å². The van der Waals surface area contributed by atoms with Crippen molar-refractivity contribution in [3.63, 3.8) is 0 Å². The van der Waals surface area contributed by atoms with Crippen LogP contribution in [0.15, 0.2) is 0 Å². The number of thiophene rings is 1. The number of alkyl halides is 1. The van der Waals surface area contributed by atoms with Gasteiger partial charge in [0.25, 0.3) is 0 Å². The minimum absolute atomic E-state index is 0.0198. The van der Waals surface area contributed by atoms with Crippen LogP contribution in [0.2, 0.25) is 0 Å². The number of nitrogens with zero attached hydrogens (tertiary/aromatic N) is 4. The lowest BCUT2D eigenvalue weighted by Gasteiger charge is -2.36. The third-order valence-electron chi connectivity index (χ3n) is 5.85. The molecule has 7 heteroatoms. The average molecular weight is 421 g/mol. The maximum Gasteiger partial charge on any atom is 0.237 e. The molecule has 2 aromatic heterocycles. The van der Waals surface area contributed by atoms with E-state index in [0.29, 0.717) is 13.1 Å². The molecule has 0 saturated carbocycles. The molecule has 1 saturated heterocycles. The molecule has 5 nitrogen and oxygen atoms in total. The standard InChI is InChI=1S/C21H29ClN4OS/c1-13-5-6-14-15(11-13)28-19-17(14)18(23-20(24-19)21(2,3)4)26-9-7-25(8-10-26)16(27)12-22/h13H,5-12H2,1-4H3/t13-/m0/s1. The van der Waals surface area contributed by atoms with Gasteiger partial charge in [-0.3, -0.25) is 4.79 Å². The minimum atomic E-state index is -0.100. The third-order valence-corrected chi connectivity index (χ3v) is 7.23. The van der Waals surface area contributed by atoms with Crippen LogP contribution in [0.4, 0.5) is 5.82 Å². The Bertz CT molecular complexity index is 896. The lowest BCUT2D eigenvalue weighted by atomic mass is 9.89. The van der Waals surface area contributed by atoms with Gasteiger partial charge in [0.1, 0.15) is 22.4 Å². The maximum atomic E-state index is 11.9. The molecule has 1 aliphatic heterocycles. The summed E-state index contributed by atoms with van der Waals surface area (Å²) in [5, 5.41) is 1.26. The van der Waals surface area contributed by atoms with E-state index >= 15 is 0 Å². The van der Waals surface area contributed by atoms with Crippen LogP contribution in [0.3, 0.4) is 0 Å². The van der Waals surface area contributed by atoms with E-state index in [2.05, 4.69) is 32.6 Å². The number of halogens is 1. The van der Waals surface area contributed by atoms with Crippen LogP contribution < -0.4 is 4.90 Å². The zero-order valence-electron chi connectivity index (χ0n) is 17.2. The Balaban J connectivity index is 1.77. The number of aromatic nitrogens is 2. The van der Waals surface area contributed by atoms with Crippen molar-refractivity contribution in [2.75, 3.05) is 37.0 Å². The van der Waals surface area contributed by atoms with Gasteiger partial charge in [0.2, 0.25) is 5.91 Å². The van der Waals surface area contributed by atoms with E-state index in [-0.39, 0.29) is 17.2 Å². The van der Waals surface area contributed by atoms with Crippen LogP contribution in [0.1, 0.15) is 50.4 Å². The Kier molecular flexibility index (Phi) is 5.29. The summed E-state index contributed by atoms with van der Waals surface area (Å²) in [6.45, 7) is 11.8. The molecule has 28 heavy (non-hydrogen) atoms. The quantitative estimate of drug-likeness (QED) is 0.689. The summed E-state index contributed by atoms with van der Waals surface area (Å²) < 4.78 is 0. The molecule has 1 fully saturated rings. The molecule has 2 aliphatic rings. The summed E-state index contributed by atoms with van der Waals surface area (Å²) in [6.07, 6.45) is 3.50. The normalized spacial score (nSPS) is 20.5. The predicted molar refractivity (Wildman–Crippen MR) is 117 cm³/mol. The molecule has 0 N–H and O–H groups in total. The number of hydrogen-bond donors (Lipinski definition) is 0. The Morgan fingerprint density at radius 2 is 1.93 bits per heavy atom. The van der Waals surface area contributed by atoms with E-state index < -0.39 is 0 Å². The SMILES string of the molecule is C[C@H]1CCc2c(sc3nc(C(C)(C)C)nc(N4CCN(C(=O)CCl)CC4)c23)C1. The lowest BCUT2D eigenvalue weighted by Crippen LogP contribution is -2.49. The first-order chi connectivity index (χ1) is 13.3. The summed E-state index contributed by atoms with van der Waals surface area (Å²) in [6, 6.07) is 0. The number of carbonyl (C=O) groups is 1. The summed E-state index contributed by atoms with van der Waals surface area (Å²) in [5.41, 5.74) is 1.37. The van der Waals surface area contributed by atoms with Crippen molar-refractivity contribution in [1.82, 2.24) is 14.9 Å². The van der Waals surface area contributed by atoms with Crippen molar-refractivity contribution in [2.45, 2.75) is 52.4 Å². The molecule has 0 aromatic carbocycles. The Morgan fingerprint density at radius 3 is 2.57 bits per heavy atom. The number of carbonyl (C=O) groups excluding carboxylic acids is 1. The van der Waals surface area contributed by atoms with E-state index in [9.17, 15) is 4.79 Å². The van der Waals surface area contributed by atoms with E-state index in [1.54, 1.807) is 0 Å². The Labute approximate surface area is 176 Å². The number of piperazine rings is 1. The monoisotopic (exact) mass is 420 g/mol. The fourth-order valence-corrected chi connectivity index (χ4v) is 5.69. The van der Waals surface area contributed by atoms with Crippen LogP contribution >= 0.6 is 22.9 Å². The van der Waals surface area contributed by atoms with Crippen LogP contribution in [0.5, 0.6) is 0 Å². The van der Waals surface area contributed by atoms with Gasteiger partial charge in [-0.15, -0.1) is 22.9 Å². The number of anilines is 1. The first-order valence-electron chi connectivity index (χ1n) is 10.2. The molecule has 1 aliphatic carbocycles. The van der Waals surface area contributed by atoms with Gasteiger partial charge in [-0.25, -0.2) is 9.97 Å². The van der Waals surface area contributed by atoms with Crippen molar-refractivity contribution in [3.05, 3.63) is 16.3 Å². The zero-order valence-corrected chi connectivity index (χ0v) is 18.8. The average Bonchev–Trinajstić information content (AvgIpc) is 3.03. The summed E-state index contributed by atoms with van der Waals surface area (Å²) in [7, 11) is 0. The molecule has 3 heterocycles. The van der Waals surface area contributed by atoms with Crippen LogP contribution in [0.25, 0.3) is 10.2 Å². The fraction of sp³-hybridized carbons (Fsp3) is 0.667. The highest BCUT2D eigenvalue weighted by atomic mass is 35.5. The predicted octanol–water partition coefficient (Wildman–Crippen LogP) is 4.00. The van der Waals surface area contributed by atoms with Gasteiger partial charge >= 0.3 is 0 Å². The third kappa shape index (κ3) is 3.61. The van der Waals surface area contributed by atoms with E-state index in [4.69, 9.17) is 21.6 Å². The molecule has 0 unspecified atom stereocenters. The van der Waals surface area contributed by atoms with Gasteiger partial charge in [0, 0.05) is 36.5 Å². The zero-order chi connectivity index (χ0) is 20.1. The summed E-state index contributed by atoms with van der Waals surface area (Å²) in [4.78, 5) is 28.8.